The number of rotatable bonds is 2. The Kier molecular flexibility index (Phi) is 4.23. The number of anilines is 1. The molecule has 1 saturated heterocycles. The second-order valence-corrected chi connectivity index (χ2v) is 9.25. The van der Waals surface area contributed by atoms with Crippen LogP contribution in [-0.4, -0.2) is 61.5 Å². The van der Waals surface area contributed by atoms with Crippen molar-refractivity contribution in [2.75, 3.05) is 25.7 Å². The van der Waals surface area contributed by atoms with E-state index < -0.39 is 28.4 Å². The van der Waals surface area contributed by atoms with Gasteiger partial charge in [-0.1, -0.05) is 18.2 Å². The van der Waals surface area contributed by atoms with Crippen LogP contribution in [0.2, 0.25) is 0 Å². The van der Waals surface area contributed by atoms with Gasteiger partial charge in [-0.15, -0.1) is 0 Å². The maximum atomic E-state index is 13.6. The maximum Gasteiger partial charge on any atom is 0.415 e. The lowest BCUT2D eigenvalue weighted by Gasteiger charge is -2.66. The fourth-order valence-corrected chi connectivity index (χ4v) is 7.49. The van der Waals surface area contributed by atoms with Crippen molar-refractivity contribution in [1.29, 1.82) is 0 Å². The first kappa shape index (κ1) is 20.0. The molecule has 31 heavy (non-hydrogen) atoms. The Bertz CT molecular complexity index is 994. The Hall–Kier alpha value is -2.90. The third-order valence-corrected chi connectivity index (χ3v) is 8.24. The smallest absolute Gasteiger partial charge is 0.415 e. The molecule has 2 aliphatic heterocycles. The number of carbonyl (C=O) groups is 4. The molecule has 2 amide bonds. The van der Waals surface area contributed by atoms with E-state index in [1.807, 2.05) is 12.1 Å². The van der Waals surface area contributed by atoms with Gasteiger partial charge >= 0.3 is 12.1 Å². The number of fused-ring (bicyclic) bond motifs is 1. The Labute approximate surface area is 180 Å². The van der Waals surface area contributed by atoms with E-state index in [-0.39, 0.29) is 18.2 Å². The van der Waals surface area contributed by atoms with Gasteiger partial charge in [-0.05, 0) is 42.7 Å². The van der Waals surface area contributed by atoms with E-state index in [1.54, 1.807) is 17.0 Å². The van der Waals surface area contributed by atoms with Crippen molar-refractivity contribution in [2.45, 2.75) is 55.5 Å². The average Bonchev–Trinajstić information content (AvgIpc) is 3.03. The molecule has 1 aromatic rings. The van der Waals surface area contributed by atoms with Crippen LogP contribution in [-0.2, 0) is 29.3 Å². The van der Waals surface area contributed by atoms with Gasteiger partial charge in [-0.3, -0.25) is 14.5 Å². The molecular weight excluding hydrogens is 400 g/mol. The number of amides is 2. The molecule has 1 spiro atoms. The van der Waals surface area contributed by atoms with E-state index in [0.29, 0.717) is 31.5 Å². The highest BCUT2D eigenvalue weighted by Gasteiger charge is 2.79. The van der Waals surface area contributed by atoms with Crippen molar-refractivity contribution in [3.8, 4) is 0 Å². The number of benzene rings is 1. The summed E-state index contributed by atoms with van der Waals surface area (Å²) in [5.74, 6) is -0.521. The number of methoxy groups -OCH3 is 2. The molecule has 5 rings (SSSR count). The molecule has 2 bridgehead atoms. The number of esters is 1. The number of ether oxygens (including phenoxy) is 2. The minimum Gasteiger partial charge on any atom is -0.467 e. The number of piperidine rings is 1. The molecular formula is C23H26N2O6. The topological polar surface area (TPSA) is 93.2 Å². The standard InChI is InChI=1S/C23H26N2O6/c1-30-19(28)23-10-9-21-8-5-11-24(14-26)18(21)22(23,13-15(27)12-21)16-6-3-4-7-17(16)25(23)20(29)31-2/h3-4,6-7,14,18H,5,8-13H2,1-2H3/t18-,21-,22-,23+/m0/s1. The van der Waals surface area contributed by atoms with Gasteiger partial charge in [0.05, 0.1) is 31.4 Å². The molecule has 2 aliphatic carbocycles. The van der Waals surface area contributed by atoms with Crippen LogP contribution in [0.15, 0.2) is 24.3 Å². The minimum atomic E-state index is -1.46. The number of carbonyl (C=O) groups excluding carboxylic acids is 4. The van der Waals surface area contributed by atoms with Crippen LogP contribution < -0.4 is 4.90 Å². The molecule has 0 aromatic heterocycles. The Morgan fingerprint density at radius 3 is 2.58 bits per heavy atom. The molecule has 1 aromatic carbocycles. The van der Waals surface area contributed by atoms with E-state index in [0.717, 1.165) is 24.8 Å². The van der Waals surface area contributed by atoms with Crippen molar-refractivity contribution in [3.05, 3.63) is 29.8 Å². The Morgan fingerprint density at radius 1 is 1.10 bits per heavy atom. The highest BCUT2D eigenvalue weighted by atomic mass is 16.5. The van der Waals surface area contributed by atoms with E-state index in [2.05, 4.69) is 0 Å². The van der Waals surface area contributed by atoms with Crippen LogP contribution >= 0.6 is 0 Å². The second kappa shape index (κ2) is 6.55. The van der Waals surface area contributed by atoms with Crippen LogP contribution in [0.3, 0.4) is 0 Å². The molecule has 0 N–H and O–H groups in total. The van der Waals surface area contributed by atoms with Gasteiger partial charge < -0.3 is 14.4 Å². The third-order valence-electron chi connectivity index (χ3n) is 8.24. The number of Topliss-reactive ketones (excluding diaryl/α,β-unsaturated/α-hetero) is 1. The van der Waals surface area contributed by atoms with Crippen LogP contribution in [0.5, 0.6) is 0 Å². The van der Waals surface area contributed by atoms with E-state index in [9.17, 15) is 19.2 Å². The first-order valence-electron chi connectivity index (χ1n) is 10.7. The normalized spacial score (nSPS) is 35.5. The summed E-state index contributed by atoms with van der Waals surface area (Å²) >= 11 is 0. The fourth-order valence-electron chi connectivity index (χ4n) is 7.49. The van der Waals surface area contributed by atoms with Gasteiger partial charge in [0, 0.05) is 19.4 Å². The molecule has 2 saturated carbocycles. The zero-order chi connectivity index (χ0) is 22.0. The Morgan fingerprint density at radius 2 is 1.87 bits per heavy atom. The number of hydrogen-bond acceptors (Lipinski definition) is 6. The summed E-state index contributed by atoms with van der Waals surface area (Å²) in [4.78, 5) is 55.5. The quantitative estimate of drug-likeness (QED) is 0.532. The summed E-state index contributed by atoms with van der Waals surface area (Å²) in [7, 11) is 2.58. The number of ketones is 1. The largest absolute Gasteiger partial charge is 0.467 e. The summed E-state index contributed by atoms with van der Waals surface area (Å²) < 4.78 is 10.4. The lowest BCUT2D eigenvalue weighted by atomic mass is 9.42. The number of nitrogens with zero attached hydrogens (tertiary/aromatic N) is 2. The van der Waals surface area contributed by atoms with E-state index in [1.165, 1.54) is 19.1 Å². The fraction of sp³-hybridized carbons (Fsp3) is 0.565. The van der Waals surface area contributed by atoms with E-state index >= 15 is 0 Å². The molecule has 4 aliphatic rings. The summed E-state index contributed by atoms with van der Waals surface area (Å²) in [5, 5.41) is 0. The molecule has 0 unspecified atom stereocenters. The van der Waals surface area contributed by atoms with Gasteiger partial charge in [-0.25, -0.2) is 9.59 Å². The molecule has 2 heterocycles. The lowest BCUT2D eigenvalue weighted by Crippen LogP contribution is -2.79. The predicted octanol–water partition coefficient (Wildman–Crippen LogP) is 2.19. The zero-order valence-corrected chi connectivity index (χ0v) is 17.8. The van der Waals surface area contributed by atoms with Crippen molar-refractivity contribution >= 4 is 29.9 Å². The predicted molar refractivity (Wildman–Crippen MR) is 109 cm³/mol. The maximum absolute atomic E-state index is 13.6. The molecule has 164 valence electrons. The summed E-state index contributed by atoms with van der Waals surface area (Å²) in [6.45, 7) is 0.559. The van der Waals surface area contributed by atoms with Gasteiger partial charge in [-0.2, -0.15) is 0 Å². The zero-order valence-electron chi connectivity index (χ0n) is 17.8. The van der Waals surface area contributed by atoms with Crippen molar-refractivity contribution in [1.82, 2.24) is 4.90 Å². The van der Waals surface area contributed by atoms with Gasteiger partial charge in [0.25, 0.3) is 0 Å². The van der Waals surface area contributed by atoms with Crippen LogP contribution in [0, 0.1) is 5.41 Å². The average molecular weight is 426 g/mol. The summed E-state index contributed by atoms with van der Waals surface area (Å²) in [6, 6.07) is 6.91. The highest BCUT2D eigenvalue weighted by Crippen LogP contribution is 2.69. The minimum absolute atomic E-state index is 0.0542. The van der Waals surface area contributed by atoms with Crippen LogP contribution in [0.1, 0.15) is 44.1 Å². The molecule has 0 radical (unpaired) electrons. The SMILES string of the molecule is COC(=O)N1c2ccccc2[C@@]23CC(=O)C[C@]4(CCCN(C=O)[C@@H]42)CC[C@]13C(=O)OC. The van der Waals surface area contributed by atoms with E-state index in [4.69, 9.17) is 9.47 Å². The van der Waals surface area contributed by atoms with Crippen LogP contribution in [0.4, 0.5) is 10.5 Å². The number of para-hydroxylation sites is 1. The lowest BCUT2D eigenvalue weighted by molar-refractivity contribution is -0.175. The first-order valence-corrected chi connectivity index (χ1v) is 10.7. The monoisotopic (exact) mass is 426 g/mol. The van der Waals surface area contributed by atoms with Gasteiger partial charge in [0.2, 0.25) is 6.41 Å². The number of hydrogen-bond donors (Lipinski definition) is 0. The van der Waals surface area contributed by atoms with Gasteiger partial charge in [0.1, 0.15) is 5.78 Å². The highest BCUT2D eigenvalue weighted by molar-refractivity contribution is 6.06. The summed E-state index contributed by atoms with van der Waals surface area (Å²) in [6.07, 6.45) is 3.15. The third kappa shape index (κ3) is 2.15. The molecule has 8 heteroatoms. The summed E-state index contributed by atoms with van der Waals surface area (Å²) in [5.41, 5.74) is -1.67. The van der Waals surface area contributed by atoms with Crippen molar-refractivity contribution in [2.24, 2.45) is 5.41 Å². The number of likely N-dealkylation sites (tertiary alicyclic amines) is 1. The Balaban J connectivity index is 1.89. The van der Waals surface area contributed by atoms with Crippen LogP contribution in [0.25, 0.3) is 0 Å². The molecule has 3 fully saturated rings. The second-order valence-electron chi connectivity index (χ2n) is 9.25. The molecule has 8 nitrogen and oxygen atoms in total. The van der Waals surface area contributed by atoms with Crippen molar-refractivity contribution in [3.63, 3.8) is 0 Å². The molecule has 4 atom stereocenters. The van der Waals surface area contributed by atoms with Gasteiger partial charge in [0.15, 0.2) is 5.54 Å². The first-order chi connectivity index (χ1) is 14.9. The van der Waals surface area contributed by atoms with Crippen molar-refractivity contribution < 1.29 is 28.7 Å².